The molecule has 0 fully saturated rings. The second-order valence-electron chi connectivity index (χ2n) is 4.00. The van der Waals surface area contributed by atoms with Crippen LogP contribution in [0.5, 0.6) is 0 Å². The van der Waals surface area contributed by atoms with Crippen LogP contribution in [-0.2, 0) is 20.9 Å². The van der Waals surface area contributed by atoms with E-state index >= 15 is 0 Å². The lowest BCUT2D eigenvalue weighted by Crippen LogP contribution is -2.25. The van der Waals surface area contributed by atoms with Gasteiger partial charge in [-0.1, -0.05) is 36.4 Å². The number of nitrogens with zero attached hydrogens (tertiary/aromatic N) is 1. The Morgan fingerprint density at radius 3 is 2.63 bits per heavy atom. The molecule has 0 saturated carbocycles. The number of carbonyl (C=O) groups is 2. The first kappa shape index (κ1) is 15.1. The predicted molar refractivity (Wildman–Crippen MR) is 73.6 cm³/mol. The van der Waals surface area contributed by atoms with Crippen LogP contribution in [0.1, 0.15) is 12.5 Å². The second-order valence-corrected chi connectivity index (χ2v) is 4.00. The molecule has 0 aromatic heterocycles. The Hall–Kier alpha value is -1.94. The van der Waals surface area contributed by atoms with Crippen LogP contribution in [0.15, 0.2) is 42.5 Å². The first-order chi connectivity index (χ1) is 9.26. The first-order valence-electron chi connectivity index (χ1n) is 6.29. The summed E-state index contributed by atoms with van der Waals surface area (Å²) in [6.07, 6.45) is 3.97. The SMILES string of the molecule is CCOC(=O)/C=C/CN(CC=O)Cc1ccccc1. The molecule has 0 unspecified atom stereocenters. The van der Waals surface area contributed by atoms with Gasteiger partial charge in [0.25, 0.3) is 0 Å². The standard InChI is InChI=1S/C15H19NO3/c1-2-19-15(18)9-6-10-16(11-12-17)13-14-7-4-3-5-8-14/h3-9,12H,2,10-11,13H2,1H3/b9-6+. The Morgan fingerprint density at radius 1 is 1.26 bits per heavy atom. The molecule has 102 valence electrons. The van der Waals surface area contributed by atoms with Crippen molar-refractivity contribution in [2.24, 2.45) is 0 Å². The fourth-order valence-electron chi connectivity index (χ4n) is 1.64. The topological polar surface area (TPSA) is 46.6 Å². The van der Waals surface area contributed by atoms with E-state index in [4.69, 9.17) is 4.74 Å². The maximum atomic E-state index is 11.1. The van der Waals surface area contributed by atoms with Crippen molar-refractivity contribution in [2.45, 2.75) is 13.5 Å². The second kappa shape index (κ2) is 9.05. The Bertz CT molecular complexity index is 415. The summed E-state index contributed by atoms with van der Waals surface area (Å²) < 4.78 is 4.79. The number of aldehydes is 1. The molecule has 1 aromatic rings. The van der Waals surface area contributed by atoms with Gasteiger partial charge in [-0.2, -0.15) is 0 Å². The van der Waals surface area contributed by atoms with Gasteiger partial charge in [0.2, 0.25) is 0 Å². The molecule has 0 heterocycles. The Morgan fingerprint density at radius 2 is 2.00 bits per heavy atom. The van der Waals surface area contributed by atoms with Gasteiger partial charge in [-0.25, -0.2) is 4.79 Å². The lowest BCUT2D eigenvalue weighted by Gasteiger charge is -2.17. The molecule has 0 aliphatic rings. The highest BCUT2D eigenvalue weighted by Gasteiger charge is 2.03. The number of hydrogen-bond acceptors (Lipinski definition) is 4. The van der Waals surface area contributed by atoms with Crippen molar-refractivity contribution in [3.05, 3.63) is 48.0 Å². The van der Waals surface area contributed by atoms with Crippen LogP contribution >= 0.6 is 0 Å². The molecule has 1 aromatic carbocycles. The predicted octanol–water partition coefficient (Wildman–Crippen LogP) is 1.81. The maximum Gasteiger partial charge on any atom is 0.330 e. The monoisotopic (exact) mass is 261 g/mol. The van der Waals surface area contributed by atoms with E-state index in [9.17, 15) is 9.59 Å². The van der Waals surface area contributed by atoms with E-state index < -0.39 is 0 Å². The minimum Gasteiger partial charge on any atom is -0.463 e. The summed E-state index contributed by atoms with van der Waals surface area (Å²) in [4.78, 5) is 23.7. The zero-order chi connectivity index (χ0) is 13.9. The van der Waals surface area contributed by atoms with E-state index in [2.05, 4.69) is 0 Å². The zero-order valence-corrected chi connectivity index (χ0v) is 11.1. The molecular weight excluding hydrogens is 242 g/mol. The highest BCUT2D eigenvalue weighted by Crippen LogP contribution is 2.03. The zero-order valence-electron chi connectivity index (χ0n) is 11.1. The van der Waals surface area contributed by atoms with Crippen molar-refractivity contribution in [2.75, 3.05) is 19.7 Å². The van der Waals surface area contributed by atoms with Crippen LogP contribution in [0.3, 0.4) is 0 Å². The Labute approximate surface area is 113 Å². The van der Waals surface area contributed by atoms with Gasteiger partial charge in [0, 0.05) is 19.2 Å². The number of esters is 1. The number of carbonyl (C=O) groups excluding carboxylic acids is 2. The van der Waals surface area contributed by atoms with Crippen LogP contribution in [0.2, 0.25) is 0 Å². The lowest BCUT2D eigenvalue weighted by atomic mass is 10.2. The summed E-state index contributed by atoms with van der Waals surface area (Å²) >= 11 is 0. The summed E-state index contributed by atoms with van der Waals surface area (Å²) in [6.45, 7) is 3.67. The summed E-state index contributed by atoms with van der Waals surface area (Å²) in [5.74, 6) is -0.353. The van der Waals surface area contributed by atoms with Crippen molar-refractivity contribution in [1.29, 1.82) is 0 Å². The third-order valence-corrected chi connectivity index (χ3v) is 2.49. The normalized spacial score (nSPS) is 10.8. The molecule has 0 N–H and O–H groups in total. The maximum absolute atomic E-state index is 11.1. The van der Waals surface area contributed by atoms with E-state index in [0.717, 1.165) is 11.8 Å². The third kappa shape index (κ3) is 6.52. The van der Waals surface area contributed by atoms with E-state index in [1.165, 1.54) is 6.08 Å². The Balaban J connectivity index is 2.49. The molecule has 0 bridgehead atoms. The minimum atomic E-state index is -0.353. The van der Waals surface area contributed by atoms with Crippen LogP contribution in [-0.4, -0.2) is 36.9 Å². The highest BCUT2D eigenvalue weighted by molar-refractivity contribution is 5.81. The largest absolute Gasteiger partial charge is 0.463 e. The quantitative estimate of drug-likeness (QED) is 0.407. The molecule has 0 radical (unpaired) electrons. The number of rotatable bonds is 8. The van der Waals surface area contributed by atoms with E-state index in [1.54, 1.807) is 13.0 Å². The van der Waals surface area contributed by atoms with Gasteiger partial charge in [0.1, 0.15) is 6.29 Å². The summed E-state index contributed by atoms with van der Waals surface area (Å²) in [5, 5.41) is 0. The van der Waals surface area contributed by atoms with Gasteiger partial charge in [0.05, 0.1) is 13.2 Å². The average Bonchev–Trinajstić information content (AvgIpc) is 2.40. The number of hydrogen-bond donors (Lipinski definition) is 0. The fraction of sp³-hybridized carbons (Fsp3) is 0.333. The van der Waals surface area contributed by atoms with Crippen LogP contribution in [0.4, 0.5) is 0 Å². The summed E-state index contributed by atoms with van der Waals surface area (Å²) in [5.41, 5.74) is 1.13. The summed E-state index contributed by atoms with van der Waals surface area (Å²) in [7, 11) is 0. The van der Waals surface area contributed by atoms with Gasteiger partial charge in [-0.3, -0.25) is 4.90 Å². The van der Waals surface area contributed by atoms with Gasteiger partial charge in [0.15, 0.2) is 0 Å². The van der Waals surface area contributed by atoms with Crippen molar-refractivity contribution < 1.29 is 14.3 Å². The molecule has 0 aliphatic carbocycles. The molecule has 0 atom stereocenters. The first-order valence-corrected chi connectivity index (χ1v) is 6.29. The van der Waals surface area contributed by atoms with Crippen LogP contribution < -0.4 is 0 Å². The van der Waals surface area contributed by atoms with Gasteiger partial charge >= 0.3 is 5.97 Å². The van der Waals surface area contributed by atoms with Gasteiger partial charge < -0.3 is 9.53 Å². The summed E-state index contributed by atoms with van der Waals surface area (Å²) in [6, 6.07) is 9.89. The lowest BCUT2D eigenvalue weighted by molar-refractivity contribution is -0.137. The molecule has 19 heavy (non-hydrogen) atoms. The van der Waals surface area contributed by atoms with Crippen LogP contribution in [0.25, 0.3) is 0 Å². The minimum absolute atomic E-state index is 0.335. The molecule has 1 rings (SSSR count). The molecule has 0 amide bonds. The molecule has 4 heteroatoms. The van der Waals surface area contributed by atoms with Crippen molar-refractivity contribution in [3.8, 4) is 0 Å². The van der Waals surface area contributed by atoms with E-state index in [1.807, 2.05) is 35.2 Å². The smallest absolute Gasteiger partial charge is 0.330 e. The molecule has 0 spiro atoms. The van der Waals surface area contributed by atoms with Crippen molar-refractivity contribution in [3.63, 3.8) is 0 Å². The fourth-order valence-corrected chi connectivity index (χ4v) is 1.64. The average molecular weight is 261 g/mol. The van der Waals surface area contributed by atoms with Crippen molar-refractivity contribution >= 4 is 12.3 Å². The number of ether oxygens (including phenoxy) is 1. The number of benzene rings is 1. The highest BCUT2D eigenvalue weighted by atomic mass is 16.5. The van der Waals surface area contributed by atoms with E-state index in [-0.39, 0.29) is 5.97 Å². The molecule has 4 nitrogen and oxygen atoms in total. The third-order valence-electron chi connectivity index (χ3n) is 2.49. The molecule has 0 aliphatic heterocycles. The van der Waals surface area contributed by atoms with Gasteiger partial charge in [-0.15, -0.1) is 0 Å². The van der Waals surface area contributed by atoms with E-state index in [0.29, 0.717) is 26.2 Å². The van der Waals surface area contributed by atoms with Crippen molar-refractivity contribution in [1.82, 2.24) is 4.90 Å². The van der Waals surface area contributed by atoms with Crippen LogP contribution in [0, 0.1) is 0 Å². The Kier molecular flexibility index (Phi) is 7.20. The molecule has 0 saturated heterocycles. The van der Waals surface area contributed by atoms with Gasteiger partial charge in [-0.05, 0) is 12.5 Å². The molecular formula is C15H19NO3.